The van der Waals surface area contributed by atoms with Gasteiger partial charge in [0.15, 0.2) is 9.84 Å². The van der Waals surface area contributed by atoms with E-state index in [0.29, 0.717) is 26.1 Å². The van der Waals surface area contributed by atoms with E-state index in [1.54, 1.807) is 4.90 Å². The van der Waals surface area contributed by atoms with Crippen molar-refractivity contribution in [3.05, 3.63) is 29.3 Å². The Morgan fingerprint density at radius 2 is 2.21 bits per heavy atom. The SMILES string of the molecule is Cc1ccc2c(c1)CN(C(=O)NCC1CCCCS1(=O)=O)CCO2. The van der Waals surface area contributed by atoms with E-state index in [-0.39, 0.29) is 18.3 Å². The number of carbonyl (C=O) groups excluding carboxylic acids is 1. The predicted octanol–water partition coefficient (Wildman–Crippen LogP) is 1.87. The molecule has 0 aliphatic carbocycles. The topological polar surface area (TPSA) is 75.7 Å². The summed E-state index contributed by atoms with van der Waals surface area (Å²) in [6.07, 6.45) is 2.27. The lowest BCUT2D eigenvalue weighted by atomic mass is 10.1. The molecular weight excluding hydrogens is 328 g/mol. The molecule has 1 saturated heterocycles. The highest BCUT2D eigenvalue weighted by molar-refractivity contribution is 7.92. The zero-order chi connectivity index (χ0) is 17.2. The molecule has 2 heterocycles. The van der Waals surface area contributed by atoms with Crippen molar-refractivity contribution in [2.75, 3.05) is 25.4 Å². The number of carbonyl (C=O) groups is 1. The summed E-state index contributed by atoms with van der Waals surface area (Å²) in [4.78, 5) is 14.1. The van der Waals surface area contributed by atoms with Crippen LogP contribution in [0.1, 0.15) is 30.4 Å². The second kappa shape index (κ2) is 7.01. The zero-order valence-corrected chi connectivity index (χ0v) is 14.8. The number of hydrogen-bond acceptors (Lipinski definition) is 4. The van der Waals surface area contributed by atoms with Crippen LogP contribution in [0.3, 0.4) is 0 Å². The van der Waals surface area contributed by atoms with Crippen LogP contribution in [-0.4, -0.2) is 50.0 Å². The van der Waals surface area contributed by atoms with Gasteiger partial charge in [0.25, 0.3) is 0 Å². The molecule has 6 nitrogen and oxygen atoms in total. The number of nitrogens with one attached hydrogen (secondary N) is 1. The smallest absolute Gasteiger partial charge is 0.317 e. The lowest BCUT2D eigenvalue weighted by molar-refractivity contribution is 0.187. The standard InChI is InChI=1S/C17H24N2O4S/c1-13-5-6-16-14(10-13)12-19(7-8-23-16)17(20)18-11-15-4-2-3-9-24(15,21)22/h5-6,10,15H,2-4,7-9,11-12H2,1H3,(H,18,20). The molecule has 1 N–H and O–H groups in total. The first-order valence-corrected chi connectivity index (χ1v) is 10.1. The third-order valence-corrected chi connectivity index (χ3v) is 6.95. The Labute approximate surface area is 143 Å². The summed E-state index contributed by atoms with van der Waals surface area (Å²) in [5.74, 6) is 1.04. The van der Waals surface area contributed by atoms with Crippen molar-refractivity contribution in [2.24, 2.45) is 0 Å². The number of nitrogens with zero attached hydrogens (tertiary/aromatic N) is 1. The number of benzene rings is 1. The van der Waals surface area contributed by atoms with E-state index in [9.17, 15) is 13.2 Å². The molecule has 1 unspecified atom stereocenters. The van der Waals surface area contributed by atoms with E-state index >= 15 is 0 Å². The highest BCUT2D eigenvalue weighted by atomic mass is 32.2. The van der Waals surface area contributed by atoms with Gasteiger partial charge in [-0.05, 0) is 25.8 Å². The van der Waals surface area contributed by atoms with Gasteiger partial charge in [-0.25, -0.2) is 13.2 Å². The molecule has 1 atom stereocenters. The molecule has 1 fully saturated rings. The number of aryl methyl sites for hydroxylation is 1. The van der Waals surface area contributed by atoms with Crippen molar-refractivity contribution in [1.82, 2.24) is 10.2 Å². The minimum atomic E-state index is -3.07. The van der Waals surface area contributed by atoms with Crippen LogP contribution in [0.2, 0.25) is 0 Å². The Hall–Kier alpha value is -1.76. The monoisotopic (exact) mass is 352 g/mol. The van der Waals surface area contributed by atoms with Gasteiger partial charge >= 0.3 is 6.03 Å². The predicted molar refractivity (Wildman–Crippen MR) is 91.9 cm³/mol. The van der Waals surface area contributed by atoms with Crippen molar-refractivity contribution in [3.8, 4) is 5.75 Å². The van der Waals surface area contributed by atoms with Crippen molar-refractivity contribution in [1.29, 1.82) is 0 Å². The van der Waals surface area contributed by atoms with Crippen LogP contribution in [0.25, 0.3) is 0 Å². The summed E-state index contributed by atoms with van der Waals surface area (Å²) in [6.45, 7) is 3.59. The number of rotatable bonds is 2. The number of hydrogen-bond donors (Lipinski definition) is 1. The van der Waals surface area contributed by atoms with E-state index in [4.69, 9.17) is 4.74 Å². The van der Waals surface area contributed by atoms with Crippen LogP contribution in [0.4, 0.5) is 4.79 Å². The molecule has 2 aliphatic heterocycles. The number of urea groups is 1. The number of ether oxygens (including phenoxy) is 1. The molecule has 0 radical (unpaired) electrons. The van der Waals surface area contributed by atoms with Crippen molar-refractivity contribution in [3.63, 3.8) is 0 Å². The van der Waals surface area contributed by atoms with Crippen LogP contribution < -0.4 is 10.1 Å². The average molecular weight is 352 g/mol. The molecule has 132 valence electrons. The second-order valence-corrected chi connectivity index (χ2v) is 8.95. The first kappa shape index (κ1) is 17.1. The molecule has 0 bridgehead atoms. The van der Waals surface area contributed by atoms with Crippen molar-refractivity contribution < 1.29 is 17.9 Å². The highest BCUT2D eigenvalue weighted by Crippen LogP contribution is 2.24. The molecule has 1 aromatic rings. The Morgan fingerprint density at radius 3 is 3.00 bits per heavy atom. The van der Waals surface area contributed by atoms with E-state index in [1.807, 2.05) is 25.1 Å². The minimum absolute atomic E-state index is 0.194. The summed E-state index contributed by atoms with van der Waals surface area (Å²) < 4.78 is 29.8. The fourth-order valence-corrected chi connectivity index (χ4v) is 5.06. The molecule has 2 amide bonds. The Balaban J connectivity index is 1.63. The molecule has 7 heteroatoms. The Bertz CT molecular complexity index is 717. The molecule has 1 aromatic carbocycles. The van der Waals surface area contributed by atoms with Gasteiger partial charge < -0.3 is 15.0 Å². The van der Waals surface area contributed by atoms with Crippen molar-refractivity contribution >= 4 is 15.9 Å². The van der Waals surface area contributed by atoms with E-state index in [2.05, 4.69) is 5.32 Å². The first-order chi connectivity index (χ1) is 11.5. The average Bonchev–Trinajstić information content (AvgIpc) is 2.75. The van der Waals surface area contributed by atoms with Crippen molar-refractivity contribution in [2.45, 2.75) is 38.0 Å². The lowest BCUT2D eigenvalue weighted by Crippen LogP contribution is -2.46. The van der Waals surface area contributed by atoms with E-state index < -0.39 is 15.1 Å². The molecule has 3 rings (SSSR count). The third-order valence-electron chi connectivity index (χ3n) is 4.68. The maximum absolute atomic E-state index is 12.5. The quantitative estimate of drug-likeness (QED) is 0.882. The van der Waals surface area contributed by atoms with Gasteiger partial charge in [0.2, 0.25) is 0 Å². The van der Waals surface area contributed by atoms with Gasteiger partial charge in [-0.3, -0.25) is 0 Å². The van der Waals surface area contributed by atoms with Gasteiger partial charge in [0, 0.05) is 12.1 Å². The maximum atomic E-state index is 12.5. The summed E-state index contributed by atoms with van der Waals surface area (Å²) in [6, 6.07) is 5.71. The van der Waals surface area contributed by atoms with E-state index in [1.165, 1.54) is 0 Å². The van der Waals surface area contributed by atoms with Gasteiger partial charge in [-0.2, -0.15) is 0 Å². The number of sulfone groups is 1. The van der Waals surface area contributed by atoms with Crippen LogP contribution in [0, 0.1) is 6.92 Å². The molecule has 2 aliphatic rings. The Morgan fingerprint density at radius 1 is 1.38 bits per heavy atom. The number of amides is 2. The van der Waals surface area contributed by atoms with Crippen LogP contribution in [-0.2, 0) is 16.4 Å². The third kappa shape index (κ3) is 3.83. The summed E-state index contributed by atoms with van der Waals surface area (Å²) in [7, 11) is -3.07. The maximum Gasteiger partial charge on any atom is 0.317 e. The molecule has 0 aromatic heterocycles. The Kier molecular flexibility index (Phi) is 4.99. The van der Waals surface area contributed by atoms with Gasteiger partial charge in [-0.1, -0.05) is 24.1 Å². The molecule has 0 spiro atoms. The number of fused-ring (bicyclic) bond motifs is 1. The van der Waals surface area contributed by atoms with Gasteiger partial charge in [-0.15, -0.1) is 0 Å². The molecule has 24 heavy (non-hydrogen) atoms. The zero-order valence-electron chi connectivity index (χ0n) is 14.0. The van der Waals surface area contributed by atoms with Crippen LogP contribution in [0.5, 0.6) is 5.75 Å². The van der Waals surface area contributed by atoms with Crippen LogP contribution in [0.15, 0.2) is 18.2 Å². The highest BCUT2D eigenvalue weighted by Gasteiger charge is 2.29. The largest absolute Gasteiger partial charge is 0.491 e. The normalized spacial score (nSPS) is 22.9. The fraction of sp³-hybridized carbons (Fsp3) is 0.588. The fourth-order valence-electron chi connectivity index (χ4n) is 3.26. The summed E-state index contributed by atoms with van der Waals surface area (Å²) in [5.41, 5.74) is 2.10. The minimum Gasteiger partial charge on any atom is -0.491 e. The molecular formula is C17H24N2O4S. The summed E-state index contributed by atoms with van der Waals surface area (Å²) >= 11 is 0. The summed E-state index contributed by atoms with van der Waals surface area (Å²) in [5, 5.41) is 2.35. The van der Waals surface area contributed by atoms with Gasteiger partial charge in [0.1, 0.15) is 12.4 Å². The van der Waals surface area contributed by atoms with Gasteiger partial charge in [0.05, 0.1) is 24.1 Å². The van der Waals surface area contributed by atoms with E-state index in [0.717, 1.165) is 29.7 Å². The molecule has 0 saturated carbocycles. The first-order valence-electron chi connectivity index (χ1n) is 8.42. The second-order valence-electron chi connectivity index (χ2n) is 6.55. The van der Waals surface area contributed by atoms with Crippen LogP contribution >= 0.6 is 0 Å². The lowest BCUT2D eigenvalue weighted by Gasteiger charge is -2.25.